The molecule has 0 atom stereocenters. The third kappa shape index (κ3) is 1.81. The van der Waals surface area contributed by atoms with Crippen molar-refractivity contribution in [3.05, 3.63) is 41.9 Å². The maximum atomic E-state index is 5.77. The second-order valence-corrected chi connectivity index (χ2v) is 4.46. The molecule has 84 valence electrons. The Morgan fingerprint density at radius 1 is 1.18 bits per heavy atom. The van der Waals surface area contributed by atoms with Crippen LogP contribution < -0.4 is 5.73 Å². The Labute approximate surface area is 102 Å². The second kappa shape index (κ2) is 4.03. The van der Waals surface area contributed by atoms with Crippen molar-refractivity contribution in [2.24, 2.45) is 0 Å². The van der Waals surface area contributed by atoms with Gasteiger partial charge in [-0.1, -0.05) is 30.3 Å². The summed E-state index contributed by atoms with van der Waals surface area (Å²) in [5.41, 5.74) is 8.70. The number of nitrogens with zero attached hydrogens (tertiary/aromatic N) is 2. The molecule has 3 N–H and O–H groups in total. The van der Waals surface area contributed by atoms with Gasteiger partial charge in [-0.2, -0.15) is 5.10 Å². The minimum absolute atomic E-state index is 0.555. The van der Waals surface area contributed by atoms with Gasteiger partial charge in [0, 0.05) is 10.9 Å². The smallest absolute Gasteiger partial charge is 0.129 e. The highest BCUT2D eigenvalue weighted by Gasteiger charge is 2.10. The summed E-state index contributed by atoms with van der Waals surface area (Å²) in [7, 11) is 0. The van der Waals surface area contributed by atoms with E-state index in [1.165, 1.54) is 0 Å². The van der Waals surface area contributed by atoms with Crippen LogP contribution >= 0.6 is 11.3 Å². The number of benzene rings is 1. The predicted octanol–water partition coefficient (Wildman–Crippen LogP) is 2.78. The standard InChI is InChI=1S/C12H10N4S/c13-11-9(6-14-16-11)12-15-10(7-17-12)8-4-2-1-3-5-8/h1-7H,(H3,13,14,16). The van der Waals surface area contributed by atoms with E-state index in [1.54, 1.807) is 17.5 Å². The van der Waals surface area contributed by atoms with Crippen molar-refractivity contribution in [3.63, 3.8) is 0 Å². The molecular weight excluding hydrogens is 232 g/mol. The van der Waals surface area contributed by atoms with E-state index in [1.807, 2.05) is 35.7 Å². The normalized spacial score (nSPS) is 10.6. The van der Waals surface area contributed by atoms with Crippen LogP contribution in [0.1, 0.15) is 0 Å². The molecule has 17 heavy (non-hydrogen) atoms. The summed E-state index contributed by atoms with van der Waals surface area (Å²) in [6.07, 6.45) is 1.70. The summed E-state index contributed by atoms with van der Waals surface area (Å²) < 4.78 is 0. The van der Waals surface area contributed by atoms with Crippen molar-refractivity contribution in [1.29, 1.82) is 0 Å². The number of hydrogen-bond acceptors (Lipinski definition) is 4. The largest absolute Gasteiger partial charge is 0.383 e. The molecule has 0 amide bonds. The Kier molecular flexibility index (Phi) is 2.38. The van der Waals surface area contributed by atoms with Gasteiger partial charge in [0.1, 0.15) is 10.8 Å². The van der Waals surface area contributed by atoms with Gasteiger partial charge in [-0.15, -0.1) is 11.3 Å². The van der Waals surface area contributed by atoms with Crippen molar-refractivity contribution in [3.8, 4) is 21.8 Å². The molecule has 3 aromatic rings. The van der Waals surface area contributed by atoms with Gasteiger partial charge in [0.2, 0.25) is 0 Å². The lowest BCUT2D eigenvalue weighted by Gasteiger charge is -1.94. The van der Waals surface area contributed by atoms with E-state index in [9.17, 15) is 0 Å². The van der Waals surface area contributed by atoms with Gasteiger partial charge < -0.3 is 5.73 Å². The zero-order chi connectivity index (χ0) is 11.7. The van der Waals surface area contributed by atoms with E-state index in [-0.39, 0.29) is 0 Å². The minimum Gasteiger partial charge on any atom is -0.383 e. The Morgan fingerprint density at radius 3 is 2.71 bits per heavy atom. The van der Waals surface area contributed by atoms with Crippen LogP contribution in [0.4, 0.5) is 5.82 Å². The predicted molar refractivity (Wildman–Crippen MR) is 69.5 cm³/mol. The number of nitrogens with one attached hydrogen (secondary N) is 1. The molecule has 4 nitrogen and oxygen atoms in total. The monoisotopic (exact) mass is 242 g/mol. The third-order valence-corrected chi connectivity index (χ3v) is 3.35. The van der Waals surface area contributed by atoms with E-state index < -0.39 is 0 Å². The van der Waals surface area contributed by atoms with E-state index in [0.29, 0.717) is 5.82 Å². The van der Waals surface area contributed by atoms with Gasteiger partial charge in [-0.3, -0.25) is 5.10 Å². The molecule has 1 aromatic carbocycles. The van der Waals surface area contributed by atoms with Crippen molar-refractivity contribution >= 4 is 17.2 Å². The maximum Gasteiger partial charge on any atom is 0.129 e. The minimum atomic E-state index is 0.555. The molecule has 3 rings (SSSR count). The van der Waals surface area contributed by atoms with Crippen LogP contribution in [-0.4, -0.2) is 15.2 Å². The molecule has 0 unspecified atom stereocenters. The van der Waals surface area contributed by atoms with E-state index in [4.69, 9.17) is 5.73 Å². The lowest BCUT2D eigenvalue weighted by Crippen LogP contribution is -1.87. The highest BCUT2D eigenvalue weighted by atomic mass is 32.1. The fourth-order valence-corrected chi connectivity index (χ4v) is 2.46. The van der Waals surface area contributed by atoms with Crippen LogP contribution in [0.15, 0.2) is 41.9 Å². The second-order valence-electron chi connectivity index (χ2n) is 3.60. The Morgan fingerprint density at radius 2 is 2.00 bits per heavy atom. The number of thiazole rings is 1. The van der Waals surface area contributed by atoms with Crippen LogP contribution in [0.2, 0.25) is 0 Å². The lowest BCUT2D eigenvalue weighted by atomic mass is 10.2. The summed E-state index contributed by atoms with van der Waals surface area (Å²) in [5.74, 6) is 0.555. The first-order valence-corrected chi connectivity index (χ1v) is 6.03. The summed E-state index contributed by atoms with van der Waals surface area (Å²) in [5, 5.41) is 9.52. The lowest BCUT2D eigenvalue weighted by molar-refractivity contribution is 1.10. The van der Waals surface area contributed by atoms with Crippen LogP contribution in [0.3, 0.4) is 0 Å². The van der Waals surface area contributed by atoms with Gasteiger partial charge in [0.05, 0.1) is 17.5 Å². The molecule has 2 heterocycles. The molecule has 0 bridgehead atoms. The topological polar surface area (TPSA) is 67.6 Å². The van der Waals surface area contributed by atoms with Crippen LogP contribution in [0.5, 0.6) is 0 Å². The first-order chi connectivity index (χ1) is 8.34. The molecule has 0 aliphatic rings. The molecule has 0 aliphatic heterocycles. The van der Waals surface area contributed by atoms with Crippen LogP contribution in [0.25, 0.3) is 21.8 Å². The van der Waals surface area contributed by atoms with E-state index in [0.717, 1.165) is 21.8 Å². The van der Waals surface area contributed by atoms with E-state index >= 15 is 0 Å². The first kappa shape index (κ1) is 10.0. The summed E-state index contributed by atoms with van der Waals surface area (Å²) in [6.45, 7) is 0. The Balaban J connectivity index is 2.02. The van der Waals surface area contributed by atoms with Gasteiger partial charge in [-0.25, -0.2) is 4.98 Å². The summed E-state index contributed by atoms with van der Waals surface area (Å²) in [4.78, 5) is 4.56. The molecule has 2 aromatic heterocycles. The SMILES string of the molecule is Nc1[nH]ncc1-c1nc(-c2ccccc2)cs1. The molecule has 0 aliphatic carbocycles. The quantitative estimate of drug-likeness (QED) is 0.726. The molecule has 0 saturated carbocycles. The summed E-state index contributed by atoms with van der Waals surface area (Å²) >= 11 is 1.57. The van der Waals surface area contributed by atoms with Gasteiger partial charge >= 0.3 is 0 Å². The number of nitrogen functional groups attached to an aromatic ring is 1. The van der Waals surface area contributed by atoms with Gasteiger partial charge in [0.15, 0.2) is 0 Å². The van der Waals surface area contributed by atoms with Gasteiger partial charge in [-0.05, 0) is 0 Å². The molecule has 0 saturated heterocycles. The highest BCUT2D eigenvalue weighted by Crippen LogP contribution is 2.30. The van der Waals surface area contributed by atoms with Crippen molar-refractivity contribution in [2.75, 3.05) is 5.73 Å². The van der Waals surface area contributed by atoms with Crippen molar-refractivity contribution < 1.29 is 0 Å². The van der Waals surface area contributed by atoms with Crippen LogP contribution in [0, 0.1) is 0 Å². The number of H-pyrrole nitrogens is 1. The molecule has 5 heteroatoms. The highest BCUT2D eigenvalue weighted by molar-refractivity contribution is 7.13. The number of anilines is 1. The average Bonchev–Trinajstić information content (AvgIpc) is 2.98. The zero-order valence-corrected chi connectivity index (χ0v) is 9.74. The van der Waals surface area contributed by atoms with E-state index in [2.05, 4.69) is 15.2 Å². The molecule has 0 fully saturated rings. The van der Waals surface area contributed by atoms with Crippen molar-refractivity contribution in [1.82, 2.24) is 15.2 Å². The number of aromatic nitrogens is 3. The maximum absolute atomic E-state index is 5.77. The van der Waals surface area contributed by atoms with Crippen molar-refractivity contribution in [2.45, 2.75) is 0 Å². The van der Waals surface area contributed by atoms with Gasteiger partial charge in [0.25, 0.3) is 0 Å². The zero-order valence-electron chi connectivity index (χ0n) is 8.92. The third-order valence-electron chi connectivity index (χ3n) is 2.47. The fourth-order valence-electron chi connectivity index (χ4n) is 1.61. The average molecular weight is 242 g/mol. The molecule has 0 spiro atoms. The Hall–Kier alpha value is -2.14. The molecule has 0 radical (unpaired) electrons. The number of hydrogen-bond donors (Lipinski definition) is 2. The summed E-state index contributed by atoms with van der Waals surface area (Å²) in [6, 6.07) is 10.1. The first-order valence-electron chi connectivity index (χ1n) is 5.15. The Bertz CT molecular complexity index is 627. The fraction of sp³-hybridized carbons (Fsp3) is 0. The number of rotatable bonds is 2. The number of nitrogens with two attached hydrogens (primary N) is 1. The van der Waals surface area contributed by atoms with Crippen LogP contribution in [-0.2, 0) is 0 Å². The molecular formula is C12H10N4S. The number of aromatic amines is 1.